The van der Waals surface area contributed by atoms with Crippen LogP contribution in [-0.2, 0) is 38.1 Å². The highest BCUT2D eigenvalue weighted by Crippen LogP contribution is 2.61. The van der Waals surface area contributed by atoms with Crippen molar-refractivity contribution < 1.29 is 38.1 Å². The van der Waals surface area contributed by atoms with Gasteiger partial charge in [0.1, 0.15) is 0 Å². The summed E-state index contributed by atoms with van der Waals surface area (Å²) < 4.78 is 27.6. The van der Waals surface area contributed by atoms with Crippen LogP contribution in [0.1, 0.15) is 72.6 Å². The Kier molecular flexibility index (Phi) is 11.3. The zero-order valence-corrected chi connectivity index (χ0v) is 20.5. The molecule has 0 N–H and O–H groups in total. The molecule has 188 valence electrons. The summed E-state index contributed by atoms with van der Waals surface area (Å²) in [6, 6.07) is 0. The quantitative estimate of drug-likeness (QED) is 0.124. The van der Waals surface area contributed by atoms with Crippen molar-refractivity contribution in [1.29, 1.82) is 0 Å². The van der Waals surface area contributed by atoms with Crippen LogP contribution in [0.25, 0.3) is 0 Å². The second-order valence-electron chi connectivity index (χ2n) is 8.60. The molecular weight excluding hydrogens is 428 g/mol. The van der Waals surface area contributed by atoms with E-state index in [0.29, 0.717) is 6.61 Å². The van der Waals surface area contributed by atoms with Crippen LogP contribution in [0.4, 0.5) is 0 Å². The highest BCUT2D eigenvalue weighted by molar-refractivity contribution is 6.05. The van der Waals surface area contributed by atoms with Crippen molar-refractivity contribution in [2.45, 2.75) is 85.0 Å². The van der Waals surface area contributed by atoms with E-state index in [2.05, 4.69) is 6.92 Å². The lowest BCUT2D eigenvalue weighted by Gasteiger charge is -2.26. The average molecular weight is 469 g/mol. The van der Waals surface area contributed by atoms with Gasteiger partial charge in [-0.3, -0.25) is 14.4 Å². The van der Waals surface area contributed by atoms with Crippen LogP contribution in [0.3, 0.4) is 0 Å². The van der Waals surface area contributed by atoms with E-state index < -0.39 is 35.2 Å². The van der Waals surface area contributed by atoms with Gasteiger partial charge < -0.3 is 23.7 Å². The van der Waals surface area contributed by atoms with E-state index in [-0.39, 0.29) is 32.2 Å². The van der Waals surface area contributed by atoms with Gasteiger partial charge in [0.15, 0.2) is 11.7 Å². The Morgan fingerprint density at radius 2 is 1.73 bits per heavy atom. The Bertz CT molecular complexity index is 649. The number of ether oxygens (including phenoxy) is 5. The van der Waals surface area contributed by atoms with Gasteiger partial charge in [-0.2, -0.15) is 0 Å². The van der Waals surface area contributed by atoms with Gasteiger partial charge in [-0.05, 0) is 39.5 Å². The van der Waals surface area contributed by atoms with E-state index in [0.717, 1.165) is 44.9 Å². The molecule has 0 spiro atoms. The van der Waals surface area contributed by atoms with Crippen molar-refractivity contribution in [3.8, 4) is 0 Å². The van der Waals surface area contributed by atoms with E-state index >= 15 is 0 Å². The minimum absolute atomic E-state index is 0.0605. The van der Waals surface area contributed by atoms with Crippen LogP contribution in [0.2, 0.25) is 0 Å². The third kappa shape index (κ3) is 7.27. The number of unbranched alkanes of at least 4 members (excludes halogenated alkanes) is 2. The van der Waals surface area contributed by atoms with E-state index in [1.807, 2.05) is 12.2 Å². The molecule has 0 aromatic rings. The predicted molar refractivity (Wildman–Crippen MR) is 121 cm³/mol. The molecule has 0 aromatic heterocycles. The van der Waals surface area contributed by atoms with E-state index in [9.17, 15) is 14.4 Å². The first-order valence-corrected chi connectivity index (χ1v) is 12.3. The monoisotopic (exact) mass is 468 g/mol. The van der Waals surface area contributed by atoms with Crippen LogP contribution >= 0.6 is 0 Å². The molecule has 1 saturated carbocycles. The number of hydrogen-bond donors (Lipinski definition) is 0. The van der Waals surface area contributed by atoms with Crippen LogP contribution < -0.4 is 0 Å². The minimum atomic E-state index is -1.51. The maximum Gasteiger partial charge on any atom is 0.324 e. The van der Waals surface area contributed by atoms with E-state index in [4.69, 9.17) is 23.7 Å². The zero-order valence-electron chi connectivity index (χ0n) is 20.5. The molecular formula is C25H40O8. The largest absolute Gasteiger partial charge is 0.466 e. The summed E-state index contributed by atoms with van der Waals surface area (Å²) in [5.74, 6) is -2.80. The lowest BCUT2D eigenvalue weighted by molar-refractivity contribution is -0.179. The SMILES string of the molecule is CCCCCC(C=C[C@@H]1[C@@H](COC(C)=O)C1(C(=O)OCC)C(=O)OCC)OC1CCCCO1. The number of rotatable bonds is 14. The summed E-state index contributed by atoms with van der Waals surface area (Å²) in [6.45, 7) is 7.72. The van der Waals surface area contributed by atoms with Gasteiger partial charge in [0, 0.05) is 25.4 Å². The maximum atomic E-state index is 12.9. The number of hydrogen-bond acceptors (Lipinski definition) is 8. The molecule has 1 aliphatic heterocycles. The first kappa shape index (κ1) is 27.3. The molecule has 33 heavy (non-hydrogen) atoms. The van der Waals surface area contributed by atoms with Crippen LogP contribution in [-0.4, -0.2) is 56.7 Å². The zero-order chi connectivity index (χ0) is 24.3. The normalized spacial score (nSPS) is 24.8. The molecule has 8 heteroatoms. The van der Waals surface area contributed by atoms with Crippen molar-refractivity contribution >= 4 is 17.9 Å². The summed E-state index contributed by atoms with van der Waals surface area (Å²) in [7, 11) is 0. The average Bonchev–Trinajstić information content (AvgIpc) is 3.45. The molecule has 0 radical (unpaired) electrons. The smallest absolute Gasteiger partial charge is 0.324 e. The fourth-order valence-electron chi connectivity index (χ4n) is 4.44. The Morgan fingerprint density at radius 3 is 2.27 bits per heavy atom. The number of carbonyl (C=O) groups is 3. The summed E-state index contributed by atoms with van der Waals surface area (Å²) in [5.41, 5.74) is -1.51. The van der Waals surface area contributed by atoms with Gasteiger partial charge in [0.25, 0.3) is 0 Å². The number of carbonyl (C=O) groups excluding carboxylic acids is 3. The predicted octanol–water partition coefficient (Wildman–Crippen LogP) is 3.96. The highest BCUT2D eigenvalue weighted by Gasteiger charge is 2.76. The molecule has 0 amide bonds. The van der Waals surface area contributed by atoms with Gasteiger partial charge >= 0.3 is 17.9 Å². The fraction of sp³-hybridized carbons (Fsp3) is 0.800. The van der Waals surface area contributed by atoms with Crippen LogP contribution in [0.15, 0.2) is 12.2 Å². The lowest BCUT2D eigenvalue weighted by Crippen LogP contribution is -2.34. The van der Waals surface area contributed by atoms with Crippen molar-refractivity contribution in [2.75, 3.05) is 26.4 Å². The van der Waals surface area contributed by atoms with E-state index in [1.54, 1.807) is 13.8 Å². The molecule has 8 nitrogen and oxygen atoms in total. The Morgan fingerprint density at radius 1 is 1.03 bits per heavy atom. The molecule has 4 atom stereocenters. The summed E-state index contributed by atoms with van der Waals surface area (Å²) in [4.78, 5) is 37.3. The van der Waals surface area contributed by atoms with Crippen molar-refractivity contribution in [3.05, 3.63) is 12.2 Å². The van der Waals surface area contributed by atoms with Crippen LogP contribution in [0, 0.1) is 17.3 Å². The molecule has 1 heterocycles. The molecule has 0 bridgehead atoms. The molecule has 0 aromatic carbocycles. The molecule has 2 rings (SSSR count). The van der Waals surface area contributed by atoms with Gasteiger partial charge in [0.2, 0.25) is 0 Å². The van der Waals surface area contributed by atoms with Crippen molar-refractivity contribution in [2.24, 2.45) is 17.3 Å². The van der Waals surface area contributed by atoms with Crippen molar-refractivity contribution in [1.82, 2.24) is 0 Å². The maximum absolute atomic E-state index is 12.9. The van der Waals surface area contributed by atoms with Crippen LogP contribution in [0.5, 0.6) is 0 Å². The van der Waals surface area contributed by atoms with Gasteiger partial charge in [-0.25, -0.2) is 0 Å². The molecule has 2 aliphatic rings. The van der Waals surface area contributed by atoms with Gasteiger partial charge in [-0.1, -0.05) is 38.3 Å². The van der Waals surface area contributed by atoms with Gasteiger partial charge in [0.05, 0.1) is 25.9 Å². The highest BCUT2D eigenvalue weighted by atomic mass is 16.7. The van der Waals surface area contributed by atoms with E-state index in [1.165, 1.54) is 6.92 Å². The molecule has 2 fully saturated rings. The number of esters is 3. The Labute approximate surface area is 197 Å². The molecule has 2 unspecified atom stereocenters. The Hall–Kier alpha value is -1.93. The molecule has 1 saturated heterocycles. The molecule has 1 aliphatic carbocycles. The third-order valence-electron chi connectivity index (χ3n) is 6.22. The lowest BCUT2D eigenvalue weighted by atomic mass is 10.0. The number of allylic oxidation sites excluding steroid dienone is 1. The van der Waals surface area contributed by atoms with Crippen molar-refractivity contribution in [3.63, 3.8) is 0 Å². The summed E-state index contributed by atoms with van der Waals surface area (Å²) in [5, 5.41) is 0. The fourth-order valence-corrected chi connectivity index (χ4v) is 4.44. The first-order valence-electron chi connectivity index (χ1n) is 12.3. The topological polar surface area (TPSA) is 97.4 Å². The summed E-state index contributed by atoms with van der Waals surface area (Å²) >= 11 is 0. The minimum Gasteiger partial charge on any atom is -0.466 e. The third-order valence-corrected chi connectivity index (χ3v) is 6.22. The summed E-state index contributed by atoms with van der Waals surface area (Å²) in [6.07, 6.45) is 10.3. The first-order chi connectivity index (χ1) is 15.9. The standard InChI is InChI=1S/C25H40O8/c1-5-8-9-12-19(33-22-13-10-11-16-31-22)14-15-20-21(17-32-18(4)26)25(20,23(27)29-6-2)24(28)30-7-3/h14-15,19-22H,5-13,16-17H2,1-4H3/t19?,20-,21-,22?/m1/s1. The second-order valence-corrected chi connectivity index (χ2v) is 8.60. The second kappa shape index (κ2) is 13.7. The Balaban J connectivity index is 2.23. The van der Waals surface area contributed by atoms with Gasteiger partial charge in [-0.15, -0.1) is 0 Å².